The van der Waals surface area contributed by atoms with Crippen LogP contribution in [0.3, 0.4) is 0 Å². The number of thioether (sulfide) groups is 1. The number of aryl methyl sites for hydroxylation is 1. The zero-order chi connectivity index (χ0) is 15.1. The van der Waals surface area contributed by atoms with E-state index in [-0.39, 0.29) is 11.9 Å². The van der Waals surface area contributed by atoms with E-state index in [0.29, 0.717) is 24.7 Å². The van der Waals surface area contributed by atoms with Gasteiger partial charge in [0.15, 0.2) is 5.82 Å². The van der Waals surface area contributed by atoms with Crippen molar-refractivity contribution in [3.63, 3.8) is 0 Å². The van der Waals surface area contributed by atoms with Gasteiger partial charge in [-0.05, 0) is 37.5 Å². The predicted molar refractivity (Wildman–Crippen MR) is 82.2 cm³/mol. The SMILES string of the molecule is CSCC[C@@H](C(=O)NCCc1nc(C)no1)n1cccc1. The van der Waals surface area contributed by atoms with E-state index in [2.05, 4.69) is 15.5 Å². The smallest absolute Gasteiger partial charge is 0.243 e. The van der Waals surface area contributed by atoms with E-state index >= 15 is 0 Å². The summed E-state index contributed by atoms with van der Waals surface area (Å²) in [6.07, 6.45) is 7.25. The number of hydrogen-bond acceptors (Lipinski definition) is 5. The van der Waals surface area contributed by atoms with Crippen molar-refractivity contribution in [2.75, 3.05) is 18.6 Å². The zero-order valence-electron chi connectivity index (χ0n) is 12.3. The van der Waals surface area contributed by atoms with Crippen LogP contribution in [0.5, 0.6) is 0 Å². The molecule has 0 aromatic carbocycles. The van der Waals surface area contributed by atoms with Crippen LogP contribution in [0.4, 0.5) is 0 Å². The molecule has 0 saturated heterocycles. The normalized spacial score (nSPS) is 12.3. The van der Waals surface area contributed by atoms with Crippen LogP contribution in [-0.2, 0) is 11.2 Å². The quantitative estimate of drug-likeness (QED) is 0.805. The lowest BCUT2D eigenvalue weighted by Crippen LogP contribution is -2.34. The lowest BCUT2D eigenvalue weighted by molar-refractivity contribution is -0.124. The van der Waals surface area contributed by atoms with Crippen LogP contribution in [0.25, 0.3) is 0 Å². The van der Waals surface area contributed by atoms with Gasteiger partial charge in [-0.2, -0.15) is 16.7 Å². The molecule has 0 aliphatic rings. The molecule has 7 heteroatoms. The van der Waals surface area contributed by atoms with Gasteiger partial charge in [0.1, 0.15) is 6.04 Å². The molecule has 2 rings (SSSR count). The van der Waals surface area contributed by atoms with E-state index < -0.39 is 0 Å². The molecule has 0 radical (unpaired) electrons. The highest BCUT2D eigenvalue weighted by Gasteiger charge is 2.18. The number of nitrogens with one attached hydrogen (secondary N) is 1. The molecule has 2 aromatic heterocycles. The molecular formula is C14H20N4O2S. The van der Waals surface area contributed by atoms with E-state index in [1.165, 1.54) is 0 Å². The molecule has 6 nitrogen and oxygen atoms in total. The summed E-state index contributed by atoms with van der Waals surface area (Å²) in [7, 11) is 0. The summed E-state index contributed by atoms with van der Waals surface area (Å²) in [4.78, 5) is 16.4. The fourth-order valence-corrected chi connectivity index (χ4v) is 2.51. The number of rotatable bonds is 8. The maximum absolute atomic E-state index is 12.3. The Balaban J connectivity index is 1.86. The molecular weight excluding hydrogens is 288 g/mol. The number of hydrogen-bond donors (Lipinski definition) is 1. The monoisotopic (exact) mass is 308 g/mol. The van der Waals surface area contributed by atoms with Crippen molar-refractivity contribution in [1.29, 1.82) is 0 Å². The highest BCUT2D eigenvalue weighted by molar-refractivity contribution is 7.98. The first kappa shape index (κ1) is 15.6. The van der Waals surface area contributed by atoms with Crippen molar-refractivity contribution in [3.05, 3.63) is 36.2 Å². The molecule has 0 aliphatic heterocycles. The van der Waals surface area contributed by atoms with Gasteiger partial charge in [-0.25, -0.2) is 0 Å². The first-order valence-corrected chi connectivity index (χ1v) is 8.28. The van der Waals surface area contributed by atoms with Gasteiger partial charge in [0.05, 0.1) is 0 Å². The molecule has 2 aromatic rings. The van der Waals surface area contributed by atoms with Crippen molar-refractivity contribution >= 4 is 17.7 Å². The van der Waals surface area contributed by atoms with Gasteiger partial charge in [0, 0.05) is 25.4 Å². The van der Waals surface area contributed by atoms with E-state index in [1.54, 1.807) is 18.7 Å². The third-order valence-corrected chi connectivity index (χ3v) is 3.74. The Hall–Kier alpha value is -1.76. The van der Waals surface area contributed by atoms with E-state index in [0.717, 1.165) is 12.2 Å². The van der Waals surface area contributed by atoms with Gasteiger partial charge in [-0.3, -0.25) is 4.79 Å². The maximum atomic E-state index is 12.3. The van der Waals surface area contributed by atoms with Crippen LogP contribution in [-0.4, -0.2) is 39.2 Å². The van der Waals surface area contributed by atoms with Crippen molar-refractivity contribution in [1.82, 2.24) is 20.0 Å². The van der Waals surface area contributed by atoms with Gasteiger partial charge in [0.25, 0.3) is 0 Å². The van der Waals surface area contributed by atoms with Crippen LogP contribution in [0.2, 0.25) is 0 Å². The van der Waals surface area contributed by atoms with Gasteiger partial charge >= 0.3 is 0 Å². The molecule has 0 bridgehead atoms. The summed E-state index contributed by atoms with van der Waals surface area (Å²) in [5.74, 6) is 2.13. The molecule has 0 aliphatic carbocycles. The van der Waals surface area contributed by atoms with Crippen LogP contribution < -0.4 is 5.32 Å². The average Bonchev–Trinajstić information content (AvgIpc) is 3.11. The third kappa shape index (κ3) is 4.63. The minimum atomic E-state index is -0.170. The lowest BCUT2D eigenvalue weighted by atomic mass is 10.2. The van der Waals surface area contributed by atoms with E-state index in [4.69, 9.17) is 4.52 Å². The molecule has 0 fully saturated rings. The second kappa shape index (κ2) is 7.87. The number of aromatic nitrogens is 3. The van der Waals surface area contributed by atoms with Crippen molar-refractivity contribution in [3.8, 4) is 0 Å². The number of amides is 1. The molecule has 2 heterocycles. The highest BCUT2D eigenvalue weighted by atomic mass is 32.2. The van der Waals surface area contributed by atoms with E-state index in [1.807, 2.05) is 35.3 Å². The second-order valence-corrected chi connectivity index (χ2v) is 5.69. The molecule has 0 saturated carbocycles. The summed E-state index contributed by atoms with van der Waals surface area (Å²) in [6, 6.07) is 3.69. The minimum Gasteiger partial charge on any atom is -0.354 e. The fraction of sp³-hybridized carbons (Fsp3) is 0.500. The summed E-state index contributed by atoms with van der Waals surface area (Å²) in [5.41, 5.74) is 0. The summed E-state index contributed by atoms with van der Waals surface area (Å²) in [6.45, 7) is 2.27. The second-order valence-electron chi connectivity index (χ2n) is 4.70. The Morgan fingerprint density at radius 3 is 2.86 bits per heavy atom. The Morgan fingerprint density at radius 1 is 1.48 bits per heavy atom. The minimum absolute atomic E-state index is 0.0245. The Labute approximate surface area is 128 Å². The molecule has 114 valence electrons. The maximum Gasteiger partial charge on any atom is 0.243 e. The first-order chi connectivity index (χ1) is 10.2. The van der Waals surface area contributed by atoms with Crippen molar-refractivity contribution in [2.45, 2.75) is 25.8 Å². The summed E-state index contributed by atoms with van der Waals surface area (Å²) >= 11 is 1.74. The van der Waals surface area contributed by atoms with Gasteiger partial charge < -0.3 is 14.4 Å². The van der Waals surface area contributed by atoms with E-state index in [9.17, 15) is 4.79 Å². The van der Waals surface area contributed by atoms with Crippen LogP contribution in [0, 0.1) is 6.92 Å². The molecule has 21 heavy (non-hydrogen) atoms. The van der Waals surface area contributed by atoms with Gasteiger partial charge in [-0.15, -0.1) is 0 Å². The average molecular weight is 308 g/mol. The number of carbonyl (C=O) groups excluding carboxylic acids is 1. The van der Waals surface area contributed by atoms with Crippen molar-refractivity contribution < 1.29 is 9.32 Å². The van der Waals surface area contributed by atoms with Crippen LogP contribution in [0.1, 0.15) is 24.2 Å². The van der Waals surface area contributed by atoms with Crippen molar-refractivity contribution in [2.24, 2.45) is 0 Å². The highest BCUT2D eigenvalue weighted by Crippen LogP contribution is 2.15. The zero-order valence-corrected chi connectivity index (χ0v) is 13.1. The number of carbonyl (C=O) groups is 1. The standard InChI is InChI=1S/C14H20N4O2S/c1-11-16-13(20-17-11)5-7-15-14(19)12(6-10-21-2)18-8-3-4-9-18/h3-4,8-9,12H,5-7,10H2,1-2H3,(H,15,19)/t12-/m0/s1. The first-order valence-electron chi connectivity index (χ1n) is 6.89. The van der Waals surface area contributed by atoms with Gasteiger partial charge in [0.2, 0.25) is 11.8 Å². The molecule has 0 spiro atoms. The molecule has 1 amide bonds. The molecule has 1 atom stereocenters. The Kier molecular flexibility index (Phi) is 5.86. The van der Waals surface area contributed by atoms with Crippen LogP contribution >= 0.6 is 11.8 Å². The largest absolute Gasteiger partial charge is 0.354 e. The fourth-order valence-electron chi connectivity index (χ4n) is 2.05. The Bertz CT molecular complexity index is 553. The Morgan fingerprint density at radius 2 is 2.24 bits per heavy atom. The summed E-state index contributed by atoms with van der Waals surface area (Å²) < 4.78 is 6.97. The van der Waals surface area contributed by atoms with Gasteiger partial charge in [-0.1, -0.05) is 5.16 Å². The third-order valence-electron chi connectivity index (χ3n) is 3.09. The molecule has 0 unspecified atom stereocenters. The lowest BCUT2D eigenvalue weighted by Gasteiger charge is -2.18. The topological polar surface area (TPSA) is 73.0 Å². The number of nitrogens with zero attached hydrogens (tertiary/aromatic N) is 3. The predicted octanol–water partition coefficient (Wildman–Crippen LogP) is 1.83. The summed E-state index contributed by atoms with van der Waals surface area (Å²) in [5, 5.41) is 6.67. The van der Waals surface area contributed by atoms with Crippen LogP contribution in [0.15, 0.2) is 29.0 Å². The molecule has 1 N–H and O–H groups in total.